The van der Waals surface area contributed by atoms with E-state index in [9.17, 15) is 4.79 Å². The predicted molar refractivity (Wildman–Crippen MR) is 131 cm³/mol. The average molecular weight is 451 g/mol. The number of piperidine rings is 1. The van der Waals surface area contributed by atoms with Crippen LogP contribution in [0.5, 0.6) is 5.75 Å². The summed E-state index contributed by atoms with van der Waals surface area (Å²) >= 11 is 0. The SMILES string of the molecule is CCCc1c(OC)cc(-c2cc(CN3CCC(C(=O)OCC)CC3)ccn2)cc1C1CCC1. The van der Waals surface area contributed by atoms with Gasteiger partial charge in [-0.25, -0.2) is 0 Å². The van der Waals surface area contributed by atoms with Gasteiger partial charge in [-0.15, -0.1) is 0 Å². The largest absolute Gasteiger partial charge is 0.496 e. The van der Waals surface area contributed by atoms with Gasteiger partial charge in [-0.3, -0.25) is 14.7 Å². The minimum Gasteiger partial charge on any atom is -0.496 e. The molecule has 0 N–H and O–H groups in total. The Morgan fingerprint density at radius 2 is 1.91 bits per heavy atom. The Balaban J connectivity index is 1.50. The van der Waals surface area contributed by atoms with Gasteiger partial charge in [0.15, 0.2) is 0 Å². The molecule has 1 aliphatic carbocycles. The number of aromatic nitrogens is 1. The van der Waals surface area contributed by atoms with Crippen LogP contribution in [-0.4, -0.2) is 42.7 Å². The van der Waals surface area contributed by atoms with Crippen LogP contribution >= 0.6 is 0 Å². The van der Waals surface area contributed by atoms with Crippen molar-refractivity contribution < 1.29 is 14.3 Å². The van der Waals surface area contributed by atoms with Crippen molar-refractivity contribution in [1.82, 2.24) is 9.88 Å². The third-order valence-electron chi connectivity index (χ3n) is 7.24. The number of rotatable bonds is 9. The number of hydrogen-bond acceptors (Lipinski definition) is 5. The molecule has 4 rings (SSSR count). The van der Waals surface area contributed by atoms with Gasteiger partial charge in [0.05, 0.1) is 25.3 Å². The second-order valence-corrected chi connectivity index (χ2v) is 9.48. The molecule has 2 aliphatic rings. The summed E-state index contributed by atoms with van der Waals surface area (Å²) in [5.74, 6) is 1.67. The van der Waals surface area contributed by atoms with Crippen molar-refractivity contribution in [3.63, 3.8) is 0 Å². The highest BCUT2D eigenvalue weighted by Crippen LogP contribution is 2.43. The molecule has 0 spiro atoms. The number of methoxy groups -OCH3 is 1. The fourth-order valence-electron chi connectivity index (χ4n) is 5.17. The highest BCUT2D eigenvalue weighted by Gasteiger charge is 2.27. The third kappa shape index (κ3) is 5.57. The first kappa shape index (κ1) is 23.7. The summed E-state index contributed by atoms with van der Waals surface area (Å²) in [7, 11) is 1.78. The van der Waals surface area contributed by atoms with E-state index >= 15 is 0 Å². The molecule has 2 heterocycles. The van der Waals surface area contributed by atoms with Gasteiger partial charge in [0, 0.05) is 18.3 Å². The van der Waals surface area contributed by atoms with Crippen molar-refractivity contribution in [2.45, 2.75) is 71.3 Å². The minimum absolute atomic E-state index is 0.0360. The van der Waals surface area contributed by atoms with Crippen molar-refractivity contribution in [2.75, 3.05) is 26.8 Å². The van der Waals surface area contributed by atoms with E-state index in [2.05, 4.69) is 36.1 Å². The van der Waals surface area contributed by atoms with Gasteiger partial charge in [-0.05, 0) is 99.0 Å². The molecular formula is C28H38N2O3. The number of pyridine rings is 1. The van der Waals surface area contributed by atoms with Crippen LogP contribution in [0.4, 0.5) is 0 Å². The topological polar surface area (TPSA) is 51.7 Å². The maximum Gasteiger partial charge on any atom is 0.309 e. The summed E-state index contributed by atoms with van der Waals surface area (Å²) in [6.45, 7) is 7.30. The Labute approximate surface area is 198 Å². The highest BCUT2D eigenvalue weighted by atomic mass is 16.5. The first-order valence-electron chi connectivity index (χ1n) is 12.7. The van der Waals surface area contributed by atoms with E-state index in [-0.39, 0.29) is 11.9 Å². The number of likely N-dealkylation sites (tertiary alicyclic amines) is 1. The van der Waals surface area contributed by atoms with Crippen molar-refractivity contribution >= 4 is 5.97 Å². The smallest absolute Gasteiger partial charge is 0.309 e. The molecule has 0 unspecified atom stereocenters. The van der Waals surface area contributed by atoms with Crippen LogP contribution < -0.4 is 4.74 Å². The molecule has 0 amide bonds. The summed E-state index contributed by atoms with van der Waals surface area (Å²) in [5.41, 5.74) is 6.27. The maximum atomic E-state index is 12.0. The lowest BCUT2D eigenvalue weighted by atomic mass is 9.76. The minimum atomic E-state index is -0.0360. The molecule has 5 nitrogen and oxygen atoms in total. The monoisotopic (exact) mass is 450 g/mol. The zero-order valence-electron chi connectivity index (χ0n) is 20.4. The van der Waals surface area contributed by atoms with Crippen molar-refractivity contribution in [3.05, 3.63) is 47.2 Å². The predicted octanol–water partition coefficient (Wildman–Crippen LogP) is 5.75. The number of carbonyl (C=O) groups is 1. The molecule has 0 atom stereocenters. The standard InChI is InChI=1S/C28H38N2O3/c1-4-7-24-25(21-8-6-9-21)17-23(18-27(24)32-3)26-16-20(10-13-29-26)19-30-14-11-22(12-15-30)28(31)33-5-2/h10,13,16-18,21-22H,4-9,11-12,14-15,19H2,1-3H3. The molecule has 1 aromatic heterocycles. The Bertz CT molecular complexity index is 946. The number of nitrogens with zero attached hydrogens (tertiary/aromatic N) is 2. The van der Waals surface area contributed by atoms with Gasteiger partial charge >= 0.3 is 5.97 Å². The fourth-order valence-corrected chi connectivity index (χ4v) is 5.17. The molecule has 2 fully saturated rings. The molecular weight excluding hydrogens is 412 g/mol. The van der Waals surface area contributed by atoms with E-state index in [1.807, 2.05) is 13.1 Å². The number of hydrogen-bond donors (Lipinski definition) is 0. The Hall–Kier alpha value is -2.40. The van der Waals surface area contributed by atoms with Crippen molar-refractivity contribution in [3.8, 4) is 17.0 Å². The molecule has 0 bridgehead atoms. The lowest BCUT2D eigenvalue weighted by molar-refractivity contribution is -0.149. The number of ether oxygens (including phenoxy) is 2. The van der Waals surface area contributed by atoms with E-state index in [4.69, 9.17) is 14.5 Å². The molecule has 0 radical (unpaired) electrons. The summed E-state index contributed by atoms with van der Waals surface area (Å²) in [4.78, 5) is 19.2. The van der Waals surface area contributed by atoms with Gasteiger partial charge in [0.25, 0.3) is 0 Å². The maximum absolute atomic E-state index is 12.0. The Morgan fingerprint density at radius 1 is 1.12 bits per heavy atom. The van der Waals surface area contributed by atoms with Crippen LogP contribution in [0.15, 0.2) is 30.5 Å². The zero-order valence-corrected chi connectivity index (χ0v) is 20.4. The van der Waals surface area contributed by atoms with E-state index in [0.29, 0.717) is 12.5 Å². The second kappa shape index (κ2) is 11.1. The molecule has 5 heteroatoms. The summed E-state index contributed by atoms with van der Waals surface area (Å²) in [5, 5.41) is 0. The Morgan fingerprint density at radius 3 is 2.55 bits per heavy atom. The van der Waals surface area contributed by atoms with E-state index < -0.39 is 0 Å². The summed E-state index contributed by atoms with van der Waals surface area (Å²) in [6, 6.07) is 8.87. The van der Waals surface area contributed by atoms with Crippen molar-refractivity contribution in [1.29, 1.82) is 0 Å². The average Bonchev–Trinajstić information content (AvgIpc) is 2.80. The third-order valence-corrected chi connectivity index (χ3v) is 7.24. The molecule has 33 heavy (non-hydrogen) atoms. The molecule has 178 valence electrons. The zero-order chi connectivity index (χ0) is 23.2. The summed E-state index contributed by atoms with van der Waals surface area (Å²) < 4.78 is 11.0. The van der Waals surface area contributed by atoms with Gasteiger partial charge in [-0.2, -0.15) is 0 Å². The highest BCUT2D eigenvalue weighted by molar-refractivity contribution is 5.72. The van der Waals surface area contributed by atoms with E-state index in [1.165, 1.54) is 36.0 Å². The Kier molecular flexibility index (Phi) is 8.02. The van der Waals surface area contributed by atoms with E-state index in [1.54, 1.807) is 7.11 Å². The number of carbonyl (C=O) groups excluding carboxylic acids is 1. The van der Waals surface area contributed by atoms with Crippen LogP contribution in [0.2, 0.25) is 0 Å². The van der Waals surface area contributed by atoms with Crippen LogP contribution in [0.25, 0.3) is 11.3 Å². The molecule has 1 saturated carbocycles. The molecule has 1 aliphatic heterocycles. The second-order valence-electron chi connectivity index (χ2n) is 9.48. The van der Waals surface area contributed by atoms with Crippen molar-refractivity contribution in [2.24, 2.45) is 5.92 Å². The first-order valence-corrected chi connectivity index (χ1v) is 12.7. The normalized spacial score (nSPS) is 17.5. The first-order chi connectivity index (χ1) is 16.1. The summed E-state index contributed by atoms with van der Waals surface area (Å²) in [6.07, 6.45) is 9.72. The van der Waals surface area contributed by atoms with Crippen LogP contribution in [-0.2, 0) is 22.5 Å². The fraction of sp³-hybridized carbons (Fsp3) is 0.571. The quantitative estimate of drug-likeness (QED) is 0.455. The van der Waals surface area contributed by atoms with Gasteiger partial charge in [0.2, 0.25) is 0 Å². The molecule has 1 aromatic carbocycles. The van der Waals surface area contributed by atoms with Crippen LogP contribution in [0.3, 0.4) is 0 Å². The molecule has 1 saturated heterocycles. The van der Waals surface area contributed by atoms with E-state index in [0.717, 1.165) is 62.3 Å². The number of benzene rings is 1. The van der Waals surface area contributed by atoms with Gasteiger partial charge < -0.3 is 9.47 Å². The van der Waals surface area contributed by atoms with Gasteiger partial charge in [-0.1, -0.05) is 19.8 Å². The lowest BCUT2D eigenvalue weighted by Crippen LogP contribution is -2.36. The lowest BCUT2D eigenvalue weighted by Gasteiger charge is -2.31. The van der Waals surface area contributed by atoms with Crippen LogP contribution in [0, 0.1) is 5.92 Å². The van der Waals surface area contributed by atoms with Gasteiger partial charge in [0.1, 0.15) is 5.75 Å². The number of esters is 1. The van der Waals surface area contributed by atoms with Crippen LogP contribution in [0.1, 0.15) is 75.0 Å². The molecule has 2 aromatic rings.